The molecule has 0 heterocycles. The van der Waals surface area contributed by atoms with E-state index >= 15 is 0 Å². The topological polar surface area (TPSA) is 12.0 Å². The Morgan fingerprint density at radius 2 is 1.67 bits per heavy atom. The predicted molar refractivity (Wildman–Crippen MR) is 66.0 cm³/mol. The summed E-state index contributed by atoms with van der Waals surface area (Å²) < 4.78 is 0. The van der Waals surface area contributed by atoms with Gasteiger partial charge in [-0.25, -0.2) is 0 Å². The zero-order valence-electron chi connectivity index (χ0n) is 10.3. The lowest BCUT2D eigenvalue weighted by molar-refractivity contribution is 0.252. The van der Waals surface area contributed by atoms with Gasteiger partial charge in [-0.05, 0) is 38.1 Å². The summed E-state index contributed by atoms with van der Waals surface area (Å²) in [6.45, 7) is 0. The summed E-state index contributed by atoms with van der Waals surface area (Å²) in [5.74, 6) is 2.13. The number of hydrogen-bond acceptors (Lipinski definition) is 1. The van der Waals surface area contributed by atoms with Crippen LogP contribution in [-0.2, 0) is 0 Å². The van der Waals surface area contributed by atoms with Gasteiger partial charge in [0.25, 0.3) is 0 Å². The Balaban J connectivity index is 1.60. The molecule has 0 aromatic carbocycles. The van der Waals surface area contributed by atoms with Gasteiger partial charge in [-0.1, -0.05) is 44.9 Å². The van der Waals surface area contributed by atoms with E-state index in [2.05, 4.69) is 12.4 Å². The van der Waals surface area contributed by atoms with Gasteiger partial charge in [-0.15, -0.1) is 0 Å². The van der Waals surface area contributed by atoms with E-state index in [1.807, 2.05) is 0 Å². The third-order valence-corrected chi connectivity index (χ3v) is 4.65. The summed E-state index contributed by atoms with van der Waals surface area (Å²) in [6, 6.07) is 0.816. The molecule has 2 aliphatic rings. The van der Waals surface area contributed by atoms with Gasteiger partial charge in [0.15, 0.2) is 0 Å². The van der Waals surface area contributed by atoms with Gasteiger partial charge in [0.1, 0.15) is 0 Å². The predicted octanol–water partition coefficient (Wildman–Crippen LogP) is 3.74. The average molecular weight is 209 g/mol. The molecule has 0 amide bonds. The summed E-state index contributed by atoms with van der Waals surface area (Å²) >= 11 is 0. The van der Waals surface area contributed by atoms with Crippen LogP contribution >= 0.6 is 0 Å². The largest absolute Gasteiger partial charge is 0.317 e. The van der Waals surface area contributed by atoms with Crippen molar-refractivity contribution in [2.75, 3.05) is 7.05 Å². The average Bonchev–Trinajstić information content (AvgIpc) is 2.68. The van der Waals surface area contributed by atoms with Crippen molar-refractivity contribution in [1.29, 1.82) is 0 Å². The fourth-order valence-electron chi connectivity index (χ4n) is 3.25. The first kappa shape index (κ1) is 11.4. The summed E-state index contributed by atoms with van der Waals surface area (Å²) in [4.78, 5) is 0. The zero-order chi connectivity index (χ0) is 10.5. The lowest BCUT2D eigenvalue weighted by Gasteiger charge is -2.30. The number of nitrogens with one attached hydrogen (secondary N) is 1. The fourth-order valence-corrected chi connectivity index (χ4v) is 3.25. The SMILES string of the molecule is CNC(CCC1CCCC1)CC1CCC1. The monoisotopic (exact) mass is 209 g/mol. The first-order chi connectivity index (χ1) is 7.38. The molecule has 0 aliphatic heterocycles. The molecule has 1 N–H and O–H groups in total. The summed E-state index contributed by atoms with van der Waals surface area (Å²) in [5, 5.41) is 3.53. The minimum atomic E-state index is 0.816. The minimum Gasteiger partial charge on any atom is -0.317 e. The Bertz CT molecular complexity index is 168. The molecule has 0 bridgehead atoms. The molecule has 0 aromatic heterocycles. The molecule has 2 rings (SSSR count). The molecule has 0 radical (unpaired) electrons. The maximum absolute atomic E-state index is 3.53. The third kappa shape index (κ3) is 3.48. The maximum Gasteiger partial charge on any atom is 0.00668 e. The fraction of sp³-hybridized carbons (Fsp3) is 1.00. The third-order valence-electron chi connectivity index (χ3n) is 4.65. The lowest BCUT2D eigenvalue weighted by atomic mass is 9.79. The van der Waals surface area contributed by atoms with Gasteiger partial charge >= 0.3 is 0 Å². The summed E-state index contributed by atoms with van der Waals surface area (Å²) in [5.41, 5.74) is 0. The van der Waals surface area contributed by atoms with Crippen molar-refractivity contribution >= 4 is 0 Å². The van der Waals surface area contributed by atoms with Crippen LogP contribution < -0.4 is 5.32 Å². The summed E-state index contributed by atoms with van der Waals surface area (Å²) in [7, 11) is 2.15. The van der Waals surface area contributed by atoms with Crippen molar-refractivity contribution in [2.45, 2.75) is 70.3 Å². The van der Waals surface area contributed by atoms with Gasteiger partial charge < -0.3 is 5.32 Å². The molecular formula is C14H27N. The molecule has 0 aromatic rings. The Morgan fingerprint density at radius 3 is 2.20 bits per heavy atom. The van der Waals surface area contributed by atoms with Crippen LogP contribution in [0.25, 0.3) is 0 Å². The molecule has 2 saturated carbocycles. The minimum absolute atomic E-state index is 0.816. The van der Waals surface area contributed by atoms with Gasteiger partial charge in [0.05, 0.1) is 0 Å². The van der Waals surface area contributed by atoms with E-state index in [1.54, 1.807) is 0 Å². The van der Waals surface area contributed by atoms with Gasteiger partial charge in [-0.2, -0.15) is 0 Å². The molecule has 1 atom stereocenters. The molecule has 1 nitrogen and oxygen atoms in total. The highest BCUT2D eigenvalue weighted by molar-refractivity contribution is 4.78. The van der Waals surface area contributed by atoms with Crippen LogP contribution in [0.1, 0.15) is 64.2 Å². The van der Waals surface area contributed by atoms with E-state index in [1.165, 1.54) is 64.2 Å². The Labute approximate surface area is 95.0 Å². The number of rotatable bonds is 6. The molecule has 0 saturated heterocycles. The van der Waals surface area contributed by atoms with Gasteiger partial charge in [-0.3, -0.25) is 0 Å². The molecular weight excluding hydrogens is 182 g/mol. The molecule has 2 aliphatic carbocycles. The zero-order valence-corrected chi connectivity index (χ0v) is 10.3. The standard InChI is InChI=1S/C14H27N/c1-15-14(11-13-7-4-8-13)10-9-12-5-2-3-6-12/h12-15H,2-11H2,1H3. The lowest BCUT2D eigenvalue weighted by Crippen LogP contribution is -2.30. The van der Waals surface area contributed by atoms with Crippen LogP contribution in [0, 0.1) is 11.8 Å². The van der Waals surface area contributed by atoms with Crippen LogP contribution in [-0.4, -0.2) is 13.1 Å². The first-order valence-electron chi connectivity index (χ1n) is 7.05. The van der Waals surface area contributed by atoms with Crippen LogP contribution in [0.4, 0.5) is 0 Å². The van der Waals surface area contributed by atoms with Crippen molar-refractivity contribution in [3.05, 3.63) is 0 Å². The van der Waals surface area contributed by atoms with Gasteiger partial charge in [0, 0.05) is 6.04 Å². The maximum atomic E-state index is 3.53. The number of hydrogen-bond donors (Lipinski definition) is 1. The normalized spacial score (nSPS) is 25.4. The van der Waals surface area contributed by atoms with Crippen molar-refractivity contribution in [3.8, 4) is 0 Å². The Morgan fingerprint density at radius 1 is 1.00 bits per heavy atom. The molecule has 1 heteroatoms. The molecule has 1 unspecified atom stereocenters. The van der Waals surface area contributed by atoms with Crippen LogP contribution in [0.2, 0.25) is 0 Å². The Hall–Kier alpha value is -0.0400. The first-order valence-corrected chi connectivity index (χ1v) is 7.05. The van der Waals surface area contributed by atoms with Crippen molar-refractivity contribution in [2.24, 2.45) is 11.8 Å². The molecule has 88 valence electrons. The second kappa shape index (κ2) is 5.89. The Kier molecular flexibility index (Phi) is 4.49. The van der Waals surface area contributed by atoms with Crippen molar-refractivity contribution < 1.29 is 0 Å². The molecule has 0 spiro atoms. The molecule has 2 fully saturated rings. The van der Waals surface area contributed by atoms with Crippen LogP contribution in [0.15, 0.2) is 0 Å². The smallest absolute Gasteiger partial charge is 0.00668 e. The van der Waals surface area contributed by atoms with Crippen LogP contribution in [0.3, 0.4) is 0 Å². The summed E-state index contributed by atoms with van der Waals surface area (Å²) in [6.07, 6.45) is 14.9. The highest BCUT2D eigenvalue weighted by atomic mass is 14.9. The van der Waals surface area contributed by atoms with Crippen molar-refractivity contribution in [1.82, 2.24) is 5.32 Å². The second-order valence-electron chi connectivity index (χ2n) is 5.75. The highest BCUT2D eigenvalue weighted by Crippen LogP contribution is 2.33. The quantitative estimate of drug-likeness (QED) is 0.703. The van der Waals surface area contributed by atoms with E-state index in [0.29, 0.717) is 0 Å². The van der Waals surface area contributed by atoms with E-state index in [9.17, 15) is 0 Å². The van der Waals surface area contributed by atoms with E-state index in [4.69, 9.17) is 0 Å². The molecule has 15 heavy (non-hydrogen) atoms. The highest BCUT2D eigenvalue weighted by Gasteiger charge is 2.22. The van der Waals surface area contributed by atoms with E-state index in [0.717, 1.165) is 17.9 Å². The second-order valence-corrected chi connectivity index (χ2v) is 5.75. The van der Waals surface area contributed by atoms with E-state index < -0.39 is 0 Å². The van der Waals surface area contributed by atoms with Gasteiger partial charge in [0.2, 0.25) is 0 Å². The van der Waals surface area contributed by atoms with Crippen LogP contribution in [0.5, 0.6) is 0 Å². The van der Waals surface area contributed by atoms with E-state index in [-0.39, 0.29) is 0 Å². The van der Waals surface area contributed by atoms with Crippen molar-refractivity contribution in [3.63, 3.8) is 0 Å².